The first-order chi connectivity index (χ1) is 7.63. The third-order valence-electron chi connectivity index (χ3n) is 3.36. The highest BCUT2D eigenvalue weighted by Crippen LogP contribution is 2.28. The molecule has 3 nitrogen and oxygen atoms in total. The molecule has 0 radical (unpaired) electrons. The van der Waals surface area contributed by atoms with Crippen molar-refractivity contribution in [1.29, 1.82) is 0 Å². The average molecular weight is 223 g/mol. The number of carbonyl (C=O) groups is 2. The summed E-state index contributed by atoms with van der Waals surface area (Å²) in [6.45, 7) is 3.10. The number of nitrogens with zero attached hydrogens (tertiary/aromatic N) is 1. The molecule has 0 unspecified atom stereocenters. The van der Waals surface area contributed by atoms with Gasteiger partial charge in [0.25, 0.3) is 0 Å². The molecule has 1 aliphatic carbocycles. The van der Waals surface area contributed by atoms with Crippen molar-refractivity contribution in [1.82, 2.24) is 4.90 Å². The topological polar surface area (TPSA) is 37.4 Å². The molecule has 0 heterocycles. The van der Waals surface area contributed by atoms with Gasteiger partial charge in [-0.3, -0.25) is 9.59 Å². The van der Waals surface area contributed by atoms with Crippen molar-refractivity contribution in [2.75, 3.05) is 13.6 Å². The highest BCUT2D eigenvalue weighted by atomic mass is 16.2. The highest BCUT2D eigenvalue weighted by molar-refractivity contribution is 5.90. The second-order valence-corrected chi connectivity index (χ2v) is 4.84. The van der Waals surface area contributed by atoms with Crippen LogP contribution in [0.4, 0.5) is 0 Å². The van der Waals surface area contributed by atoms with Crippen LogP contribution in [-0.2, 0) is 9.59 Å². The van der Waals surface area contributed by atoms with Crippen LogP contribution in [0.5, 0.6) is 0 Å². The van der Waals surface area contributed by atoms with Gasteiger partial charge in [-0.1, -0.05) is 19.8 Å². The van der Waals surface area contributed by atoms with Crippen molar-refractivity contribution in [3.8, 4) is 0 Å². The van der Waals surface area contributed by atoms with E-state index in [9.17, 15) is 9.59 Å². The van der Waals surface area contributed by atoms with Crippen LogP contribution >= 0.6 is 0 Å². The number of amides is 1. The van der Waals surface area contributed by atoms with Crippen molar-refractivity contribution in [3.05, 3.63) is 12.2 Å². The van der Waals surface area contributed by atoms with E-state index < -0.39 is 0 Å². The Kier molecular flexibility index (Phi) is 5.23. The molecule has 90 valence electrons. The Hall–Kier alpha value is -1.12. The third-order valence-corrected chi connectivity index (χ3v) is 3.36. The second kappa shape index (κ2) is 6.46. The molecule has 1 rings (SSSR count). The van der Waals surface area contributed by atoms with Crippen LogP contribution in [0.3, 0.4) is 0 Å². The Balaban J connectivity index is 2.33. The summed E-state index contributed by atoms with van der Waals surface area (Å²) in [5, 5.41) is 0. The van der Waals surface area contributed by atoms with E-state index in [1.807, 2.05) is 0 Å². The molecule has 1 amide bonds. The van der Waals surface area contributed by atoms with E-state index in [-0.39, 0.29) is 5.91 Å². The molecule has 0 aromatic rings. The average Bonchev–Trinajstić information content (AvgIpc) is 2.29. The number of aldehydes is 1. The minimum Gasteiger partial charge on any atom is -0.342 e. The summed E-state index contributed by atoms with van der Waals surface area (Å²) in [4.78, 5) is 23.3. The smallest absolute Gasteiger partial charge is 0.246 e. The molecule has 16 heavy (non-hydrogen) atoms. The monoisotopic (exact) mass is 223 g/mol. The van der Waals surface area contributed by atoms with Crippen molar-refractivity contribution < 1.29 is 9.59 Å². The summed E-state index contributed by atoms with van der Waals surface area (Å²) in [7, 11) is 1.80. The fraction of sp³-hybridized carbons (Fsp3) is 0.692. The molecule has 0 aromatic carbocycles. The van der Waals surface area contributed by atoms with Gasteiger partial charge in [0.05, 0.1) is 0 Å². The van der Waals surface area contributed by atoms with Crippen molar-refractivity contribution in [3.63, 3.8) is 0 Å². The molecule has 0 atom stereocenters. The van der Waals surface area contributed by atoms with Gasteiger partial charge in [0, 0.05) is 19.7 Å². The summed E-state index contributed by atoms with van der Waals surface area (Å²) in [6, 6.07) is 0. The lowest BCUT2D eigenvalue weighted by Crippen LogP contribution is -2.32. The summed E-state index contributed by atoms with van der Waals surface area (Å²) in [6.07, 6.45) is 8.20. The van der Waals surface area contributed by atoms with Crippen molar-refractivity contribution in [2.45, 2.75) is 32.6 Å². The molecule has 0 N–H and O–H groups in total. The minimum absolute atomic E-state index is 0.0780. The fourth-order valence-electron chi connectivity index (χ4n) is 2.24. The van der Waals surface area contributed by atoms with E-state index in [1.165, 1.54) is 37.8 Å². The Morgan fingerprint density at radius 1 is 1.31 bits per heavy atom. The van der Waals surface area contributed by atoms with Gasteiger partial charge in [0.1, 0.15) is 6.29 Å². The molecule has 0 spiro atoms. The number of hydrogen-bond donors (Lipinski definition) is 0. The van der Waals surface area contributed by atoms with E-state index in [0.29, 0.717) is 12.2 Å². The van der Waals surface area contributed by atoms with Gasteiger partial charge < -0.3 is 4.90 Å². The third kappa shape index (κ3) is 4.17. The SMILES string of the molecule is CC1CCC(CN(C)C(=O)/C=C\C=O)CC1. The molecule has 1 fully saturated rings. The second-order valence-electron chi connectivity index (χ2n) is 4.84. The normalized spacial score (nSPS) is 25.6. The first-order valence-electron chi connectivity index (χ1n) is 6.00. The highest BCUT2D eigenvalue weighted by Gasteiger charge is 2.20. The van der Waals surface area contributed by atoms with Gasteiger partial charge in [-0.15, -0.1) is 0 Å². The van der Waals surface area contributed by atoms with Gasteiger partial charge in [-0.05, 0) is 30.8 Å². The number of carbonyl (C=O) groups excluding carboxylic acids is 2. The van der Waals surface area contributed by atoms with Crippen LogP contribution in [0, 0.1) is 11.8 Å². The quantitative estimate of drug-likeness (QED) is 0.540. The summed E-state index contributed by atoms with van der Waals surface area (Å²) in [5.74, 6) is 1.40. The summed E-state index contributed by atoms with van der Waals surface area (Å²) >= 11 is 0. The standard InChI is InChI=1S/C13H21NO2/c1-11-5-7-12(8-6-11)10-14(2)13(16)4-3-9-15/h3-4,9,11-12H,5-8,10H2,1-2H3/b4-3-. The van der Waals surface area contributed by atoms with Crippen molar-refractivity contribution >= 4 is 12.2 Å². The van der Waals surface area contributed by atoms with E-state index in [4.69, 9.17) is 0 Å². The molecular formula is C13H21NO2. The van der Waals surface area contributed by atoms with Crippen LogP contribution in [0.2, 0.25) is 0 Å². The minimum atomic E-state index is -0.0780. The lowest BCUT2D eigenvalue weighted by Gasteiger charge is -2.29. The molecule has 1 saturated carbocycles. The van der Waals surface area contributed by atoms with E-state index in [1.54, 1.807) is 11.9 Å². The zero-order valence-electron chi connectivity index (χ0n) is 10.2. The van der Waals surface area contributed by atoms with E-state index in [2.05, 4.69) is 6.92 Å². The molecule has 0 bridgehead atoms. The van der Waals surface area contributed by atoms with E-state index >= 15 is 0 Å². The van der Waals surface area contributed by atoms with Crippen LogP contribution < -0.4 is 0 Å². The molecule has 0 aromatic heterocycles. The zero-order valence-corrected chi connectivity index (χ0v) is 10.2. The number of allylic oxidation sites excluding steroid dienone is 1. The number of hydrogen-bond acceptors (Lipinski definition) is 2. The first kappa shape index (κ1) is 12.9. The molecular weight excluding hydrogens is 202 g/mol. The molecule has 1 aliphatic rings. The van der Waals surface area contributed by atoms with Gasteiger partial charge in [-0.25, -0.2) is 0 Å². The maximum absolute atomic E-state index is 11.5. The van der Waals surface area contributed by atoms with Gasteiger partial charge >= 0.3 is 0 Å². The zero-order chi connectivity index (χ0) is 12.0. The van der Waals surface area contributed by atoms with E-state index in [0.717, 1.165) is 12.5 Å². The van der Waals surface area contributed by atoms with Crippen LogP contribution in [0.25, 0.3) is 0 Å². The van der Waals surface area contributed by atoms with Gasteiger partial charge in [0.15, 0.2) is 0 Å². The number of rotatable bonds is 4. The maximum Gasteiger partial charge on any atom is 0.246 e. The maximum atomic E-state index is 11.5. The predicted molar refractivity (Wildman–Crippen MR) is 64.0 cm³/mol. The Morgan fingerprint density at radius 3 is 2.50 bits per heavy atom. The summed E-state index contributed by atoms with van der Waals surface area (Å²) in [5.41, 5.74) is 0. The Morgan fingerprint density at radius 2 is 1.94 bits per heavy atom. The van der Waals surface area contributed by atoms with Gasteiger partial charge in [-0.2, -0.15) is 0 Å². The molecule has 3 heteroatoms. The predicted octanol–water partition coefficient (Wildman–Crippen LogP) is 2.03. The molecule has 0 aliphatic heterocycles. The lowest BCUT2D eigenvalue weighted by atomic mass is 9.83. The Bertz CT molecular complexity index is 265. The fourth-order valence-corrected chi connectivity index (χ4v) is 2.24. The number of likely N-dealkylation sites (N-methyl/N-ethyl adjacent to an activating group) is 1. The van der Waals surface area contributed by atoms with Gasteiger partial charge in [0.2, 0.25) is 5.91 Å². The molecule has 0 saturated heterocycles. The van der Waals surface area contributed by atoms with Crippen LogP contribution in [0.1, 0.15) is 32.6 Å². The first-order valence-corrected chi connectivity index (χ1v) is 6.00. The van der Waals surface area contributed by atoms with Crippen molar-refractivity contribution in [2.24, 2.45) is 11.8 Å². The summed E-state index contributed by atoms with van der Waals surface area (Å²) < 4.78 is 0. The van der Waals surface area contributed by atoms with Crippen LogP contribution in [-0.4, -0.2) is 30.7 Å². The largest absolute Gasteiger partial charge is 0.342 e. The Labute approximate surface area is 97.5 Å². The lowest BCUT2D eigenvalue weighted by molar-refractivity contribution is -0.125. The van der Waals surface area contributed by atoms with Crippen LogP contribution in [0.15, 0.2) is 12.2 Å².